The zero-order chi connectivity index (χ0) is 16.1. The van der Waals surface area contributed by atoms with Crippen LogP contribution in [0, 0.1) is 0 Å². The summed E-state index contributed by atoms with van der Waals surface area (Å²) >= 11 is 0. The van der Waals surface area contributed by atoms with Crippen LogP contribution in [0.5, 0.6) is 5.75 Å². The first-order valence-corrected chi connectivity index (χ1v) is 7.44. The Kier molecular flexibility index (Phi) is 4.42. The molecular formula is C20H19NO2. The zero-order valence-electron chi connectivity index (χ0n) is 13.0. The number of benzene rings is 3. The van der Waals surface area contributed by atoms with E-state index >= 15 is 0 Å². The molecule has 0 heterocycles. The van der Waals surface area contributed by atoms with Crippen molar-refractivity contribution in [3.63, 3.8) is 0 Å². The molecule has 0 aliphatic heterocycles. The normalized spacial score (nSPS) is 11.2. The monoisotopic (exact) mass is 305 g/mol. The molecule has 0 unspecified atom stereocenters. The van der Waals surface area contributed by atoms with Gasteiger partial charge in [0.25, 0.3) is 0 Å². The summed E-state index contributed by atoms with van der Waals surface area (Å²) in [5, 5.41) is 0. The molecule has 0 aliphatic carbocycles. The van der Waals surface area contributed by atoms with Crippen LogP contribution in [0.25, 0.3) is 0 Å². The highest BCUT2D eigenvalue weighted by molar-refractivity contribution is 5.48. The van der Waals surface area contributed by atoms with Gasteiger partial charge in [0.05, 0.1) is 7.11 Å². The molecule has 0 fully saturated rings. The molecule has 0 spiro atoms. The summed E-state index contributed by atoms with van der Waals surface area (Å²) in [4.78, 5) is 5.63. The van der Waals surface area contributed by atoms with Crippen LogP contribution in [0.3, 0.4) is 0 Å². The first kappa shape index (κ1) is 15.3. The van der Waals surface area contributed by atoms with Gasteiger partial charge < -0.3 is 4.74 Å². The van der Waals surface area contributed by atoms with E-state index in [1.165, 1.54) is 0 Å². The molecule has 3 aromatic rings. The minimum absolute atomic E-state index is 0.792. The molecule has 0 radical (unpaired) electrons. The molecule has 0 bridgehead atoms. The van der Waals surface area contributed by atoms with Crippen molar-refractivity contribution >= 4 is 0 Å². The lowest BCUT2D eigenvalue weighted by molar-refractivity contribution is 0.0117. The highest BCUT2D eigenvalue weighted by atomic mass is 16.6. The van der Waals surface area contributed by atoms with Gasteiger partial charge in [-0.25, -0.2) is 5.90 Å². The van der Waals surface area contributed by atoms with E-state index in [4.69, 9.17) is 15.5 Å². The third kappa shape index (κ3) is 2.72. The van der Waals surface area contributed by atoms with Crippen LogP contribution < -0.4 is 10.6 Å². The van der Waals surface area contributed by atoms with E-state index in [0.29, 0.717) is 0 Å². The van der Waals surface area contributed by atoms with Gasteiger partial charge in [-0.2, -0.15) is 0 Å². The van der Waals surface area contributed by atoms with Gasteiger partial charge in [0.15, 0.2) is 5.60 Å². The summed E-state index contributed by atoms with van der Waals surface area (Å²) in [7, 11) is 1.65. The minimum Gasteiger partial charge on any atom is -0.497 e. The Morgan fingerprint density at radius 1 is 0.652 bits per heavy atom. The molecule has 3 aromatic carbocycles. The van der Waals surface area contributed by atoms with E-state index in [0.717, 1.165) is 22.4 Å². The second-order valence-electron chi connectivity index (χ2n) is 5.26. The fraction of sp³-hybridized carbons (Fsp3) is 0.100. The van der Waals surface area contributed by atoms with Gasteiger partial charge >= 0.3 is 0 Å². The van der Waals surface area contributed by atoms with Crippen molar-refractivity contribution in [2.24, 2.45) is 5.90 Å². The number of hydrogen-bond donors (Lipinski definition) is 1. The Morgan fingerprint density at radius 3 is 1.48 bits per heavy atom. The number of ether oxygens (including phenoxy) is 1. The van der Waals surface area contributed by atoms with Crippen molar-refractivity contribution in [3.8, 4) is 5.75 Å². The number of rotatable bonds is 5. The largest absolute Gasteiger partial charge is 0.497 e. The summed E-state index contributed by atoms with van der Waals surface area (Å²) in [5.41, 5.74) is 2.02. The summed E-state index contributed by atoms with van der Waals surface area (Å²) < 4.78 is 5.25. The third-order valence-corrected chi connectivity index (χ3v) is 4.03. The molecule has 0 saturated carbocycles. The van der Waals surface area contributed by atoms with Crippen molar-refractivity contribution in [2.75, 3.05) is 7.11 Å². The van der Waals surface area contributed by atoms with Crippen molar-refractivity contribution in [2.45, 2.75) is 5.60 Å². The Hall–Kier alpha value is -2.62. The summed E-state index contributed by atoms with van der Waals surface area (Å²) in [6.45, 7) is 0. The maximum absolute atomic E-state index is 5.84. The molecule has 2 N–H and O–H groups in total. The lowest BCUT2D eigenvalue weighted by atomic mass is 9.80. The molecule has 0 atom stereocenters. The third-order valence-electron chi connectivity index (χ3n) is 4.03. The number of nitrogens with two attached hydrogens (primary N) is 1. The standard InChI is InChI=1S/C20H19NO2/c1-22-19-14-12-18(13-15-19)20(23-21,16-8-4-2-5-9-16)17-10-6-3-7-11-17/h2-15H,21H2,1H3. The first-order chi connectivity index (χ1) is 11.3. The van der Waals surface area contributed by atoms with E-state index in [9.17, 15) is 0 Å². The van der Waals surface area contributed by atoms with Crippen molar-refractivity contribution < 1.29 is 9.57 Å². The SMILES string of the molecule is COc1ccc(C(ON)(c2ccccc2)c2ccccc2)cc1. The predicted octanol–water partition coefficient (Wildman–Crippen LogP) is 3.88. The number of methoxy groups -OCH3 is 1. The molecule has 0 saturated heterocycles. The van der Waals surface area contributed by atoms with Gasteiger partial charge in [-0.05, 0) is 28.8 Å². The maximum atomic E-state index is 5.84. The molecule has 0 aromatic heterocycles. The molecule has 23 heavy (non-hydrogen) atoms. The minimum atomic E-state index is -0.866. The van der Waals surface area contributed by atoms with Gasteiger partial charge in [0, 0.05) is 0 Å². The second kappa shape index (κ2) is 6.65. The fourth-order valence-electron chi connectivity index (χ4n) is 2.88. The first-order valence-electron chi connectivity index (χ1n) is 7.44. The molecule has 0 amide bonds. The quantitative estimate of drug-likeness (QED) is 0.575. The lowest BCUT2D eigenvalue weighted by Gasteiger charge is -2.33. The smallest absolute Gasteiger partial charge is 0.164 e. The Bertz CT molecular complexity index is 700. The Morgan fingerprint density at radius 2 is 1.09 bits per heavy atom. The van der Waals surface area contributed by atoms with Crippen LogP contribution in [0.4, 0.5) is 0 Å². The van der Waals surface area contributed by atoms with E-state index in [1.807, 2.05) is 84.9 Å². The molecule has 3 nitrogen and oxygen atoms in total. The van der Waals surface area contributed by atoms with Crippen molar-refractivity contribution in [3.05, 3.63) is 102 Å². The van der Waals surface area contributed by atoms with Crippen LogP contribution in [-0.2, 0) is 10.4 Å². The topological polar surface area (TPSA) is 44.5 Å². The van der Waals surface area contributed by atoms with Crippen LogP contribution in [0.1, 0.15) is 16.7 Å². The summed E-state index contributed by atoms with van der Waals surface area (Å²) in [5.74, 6) is 6.64. The average Bonchev–Trinajstić information content (AvgIpc) is 2.65. The van der Waals surface area contributed by atoms with Crippen LogP contribution in [0.15, 0.2) is 84.9 Å². The van der Waals surface area contributed by atoms with Gasteiger partial charge in [-0.3, -0.25) is 4.84 Å². The molecule has 3 rings (SSSR count). The predicted molar refractivity (Wildman–Crippen MR) is 91.0 cm³/mol. The highest BCUT2D eigenvalue weighted by Crippen LogP contribution is 2.39. The second-order valence-corrected chi connectivity index (χ2v) is 5.26. The van der Waals surface area contributed by atoms with Gasteiger partial charge in [-0.1, -0.05) is 72.8 Å². The summed E-state index contributed by atoms with van der Waals surface area (Å²) in [6, 6.07) is 27.7. The molecular weight excluding hydrogens is 286 g/mol. The van der Waals surface area contributed by atoms with Gasteiger partial charge in [-0.15, -0.1) is 0 Å². The number of hydrogen-bond acceptors (Lipinski definition) is 3. The fourth-order valence-corrected chi connectivity index (χ4v) is 2.88. The van der Waals surface area contributed by atoms with E-state index < -0.39 is 5.60 Å². The molecule has 116 valence electrons. The Balaban J connectivity index is 2.24. The van der Waals surface area contributed by atoms with Crippen LogP contribution in [-0.4, -0.2) is 7.11 Å². The average molecular weight is 305 g/mol. The lowest BCUT2D eigenvalue weighted by Crippen LogP contribution is -2.35. The van der Waals surface area contributed by atoms with Gasteiger partial charge in [0.2, 0.25) is 0 Å². The maximum Gasteiger partial charge on any atom is 0.164 e. The Labute approximate surface area is 136 Å². The molecule has 3 heteroatoms. The van der Waals surface area contributed by atoms with Crippen molar-refractivity contribution in [1.29, 1.82) is 0 Å². The van der Waals surface area contributed by atoms with E-state index in [1.54, 1.807) is 7.11 Å². The molecule has 0 aliphatic rings. The summed E-state index contributed by atoms with van der Waals surface area (Å²) in [6.07, 6.45) is 0. The zero-order valence-corrected chi connectivity index (χ0v) is 13.0. The highest BCUT2D eigenvalue weighted by Gasteiger charge is 2.37. The van der Waals surface area contributed by atoms with Crippen LogP contribution in [0.2, 0.25) is 0 Å². The van der Waals surface area contributed by atoms with E-state index in [2.05, 4.69) is 0 Å². The van der Waals surface area contributed by atoms with Crippen molar-refractivity contribution in [1.82, 2.24) is 0 Å². The van der Waals surface area contributed by atoms with Crippen LogP contribution >= 0.6 is 0 Å². The van der Waals surface area contributed by atoms with Gasteiger partial charge in [0.1, 0.15) is 5.75 Å². The van der Waals surface area contributed by atoms with E-state index in [-0.39, 0.29) is 0 Å².